The summed E-state index contributed by atoms with van der Waals surface area (Å²) in [5.74, 6) is -0.111. The van der Waals surface area contributed by atoms with Crippen molar-refractivity contribution in [2.24, 2.45) is 0 Å². The fourth-order valence-corrected chi connectivity index (χ4v) is 3.96. The molecule has 0 fully saturated rings. The van der Waals surface area contributed by atoms with Gasteiger partial charge in [-0.15, -0.1) is 0 Å². The van der Waals surface area contributed by atoms with E-state index in [2.05, 4.69) is 10.4 Å². The number of ketones is 1. The molecule has 152 valence electrons. The van der Waals surface area contributed by atoms with Crippen LogP contribution in [0.5, 0.6) is 11.5 Å². The Bertz CT molecular complexity index is 1190. The van der Waals surface area contributed by atoms with E-state index in [1.165, 1.54) is 16.8 Å². The first-order chi connectivity index (χ1) is 14.5. The molecule has 0 unspecified atom stereocenters. The van der Waals surface area contributed by atoms with Crippen LogP contribution >= 0.6 is 0 Å². The number of benzene rings is 2. The summed E-state index contributed by atoms with van der Waals surface area (Å²) < 4.78 is 26.3. The third-order valence-corrected chi connectivity index (χ3v) is 5.30. The van der Waals surface area contributed by atoms with E-state index in [1.807, 2.05) is 0 Å². The van der Waals surface area contributed by atoms with Gasteiger partial charge >= 0.3 is 0 Å². The topological polar surface area (TPSA) is 82.5 Å². The zero-order valence-corrected chi connectivity index (χ0v) is 16.1. The highest BCUT2D eigenvalue weighted by molar-refractivity contribution is 6.08. The molecule has 1 N–H and O–H groups in total. The predicted octanol–water partition coefficient (Wildman–Crippen LogP) is 3.40. The Labute approximate surface area is 171 Å². The van der Waals surface area contributed by atoms with Crippen LogP contribution in [0.3, 0.4) is 0 Å². The van der Waals surface area contributed by atoms with Crippen LogP contribution in [0.25, 0.3) is 5.69 Å². The molecule has 0 bridgehead atoms. The quantitative estimate of drug-likeness (QED) is 0.673. The number of aromatic nitrogens is 2. The van der Waals surface area contributed by atoms with Crippen LogP contribution in [0, 0.1) is 12.7 Å². The van der Waals surface area contributed by atoms with Gasteiger partial charge in [0, 0.05) is 17.5 Å². The SMILES string of the molecule is Cc1nn(-c2cccc(F)c2)c2c1[C@@H](C(=O)c1ccc3c(c1)OCCO3)CC(=O)N2. The van der Waals surface area contributed by atoms with Gasteiger partial charge in [-0.05, 0) is 43.3 Å². The standard InChI is InChI=1S/C22H18FN3O4/c1-12-20-16(21(28)13-5-6-17-18(9-13)30-8-7-29-17)11-19(27)24-22(20)26(25-12)15-4-2-3-14(23)10-15/h2-6,9-10,16H,7-8,11H2,1H3,(H,24,27)/t16-/m0/s1. The molecule has 2 aromatic carbocycles. The van der Waals surface area contributed by atoms with Crippen molar-refractivity contribution < 1.29 is 23.5 Å². The maximum Gasteiger partial charge on any atom is 0.226 e. The van der Waals surface area contributed by atoms with Crippen LogP contribution in [0.15, 0.2) is 42.5 Å². The Balaban J connectivity index is 1.57. The van der Waals surface area contributed by atoms with Crippen molar-refractivity contribution in [2.75, 3.05) is 18.5 Å². The van der Waals surface area contributed by atoms with E-state index in [0.717, 1.165) is 0 Å². The number of aryl methyl sites for hydroxylation is 1. The molecule has 30 heavy (non-hydrogen) atoms. The van der Waals surface area contributed by atoms with E-state index in [0.29, 0.717) is 53.0 Å². The van der Waals surface area contributed by atoms with Gasteiger partial charge in [0.25, 0.3) is 0 Å². The number of hydrogen-bond donors (Lipinski definition) is 1. The number of ether oxygens (including phenoxy) is 2. The minimum atomic E-state index is -0.696. The van der Waals surface area contributed by atoms with Gasteiger partial charge in [-0.1, -0.05) is 6.07 Å². The lowest BCUT2D eigenvalue weighted by molar-refractivity contribution is -0.116. The number of fused-ring (bicyclic) bond motifs is 2. The summed E-state index contributed by atoms with van der Waals surface area (Å²) in [6.45, 7) is 2.65. The Morgan fingerprint density at radius 3 is 2.77 bits per heavy atom. The molecule has 5 rings (SSSR count). The molecule has 0 aliphatic carbocycles. The highest BCUT2D eigenvalue weighted by Gasteiger charge is 2.36. The number of amides is 1. The second-order valence-electron chi connectivity index (χ2n) is 7.27. The normalized spacial score (nSPS) is 17.3. The summed E-state index contributed by atoms with van der Waals surface area (Å²) in [4.78, 5) is 25.8. The third-order valence-electron chi connectivity index (χ3n) is 5.30. The number of nitrogens with one attached hydrogen (secondary N) is 1. The van der Waals surface area contributed by atoms with Gasteiger partial charge in [0.1, 0.15) is 24.8 Å². The largest absolute Gasteiger partial charge is 0.486 e. The Kier molecular flexibility index (Phi) is 4.27. The van der Waals surface area contributed by atoms with E-state index in [1.54, 1.807) is 37.3 Å². The second-order valence-corrected chi connectivity index (χ2v) is 7.27. The number of carbonyl (C=O) groups is 2. The molecule has 0 spiro atoms. The number of hydrogen-bond acceptors (Lipinski definition) is 5. The number of nitrogens with zero attached hydrogens (tertiary/aromatic N) is 2. The van der Waals surface area contributed by atoms with Crippen LogP contribution < -0.4 is 14.8 Å². The monoisotopic (exact) mass is 407 g/mol. The van der Waals surface area contributed by atoms with Crippen molar-refractivity contribution >= 4 is 17.5 Å². The molecule has 3 heterocycles. The Morgan fingerprint density at radius 1 is 1.17 bits per heavy atom. The first-order valence-electron chi connectivity index (χ1n) is 9.60. The minimum Gasteiger partial charge on any atom is -0.486 e. The Morgan fingerprint density at radius 2 is 1.97 bits per heavy atom. The van der Waals surface area contributed by atoms with Gasteiger partial charge in [0.2, 0.25) is 5.91 Å². The average molecular weight is 407 g/mol. The summed E-state index contributed by atoms with van der Waals surface area (Å²) in [6, 6.07) is 10.9. The molecule has 0 saturated carbocycles. The fourth-order valence-electron chi connectivity index (χ4n) is 3.96. The van der Waals surface area contributed by atoms with Gasteiger partial charge in [-0.3, -0.25) is 9.59 Å². The minimum absolute atomic E-state index is 0.00988. The fraction of sp³-hybridized carbons (Fsp3) is 0.227. The molecule has 2 aliphatic heterocycles. The molecular formula is C22H18FN3O4. The van der Waals surface area contributed by atoms with Crippen molar-refractivity contribution in [3.05, 3.63) is 65.1 Å². The number of anilines is 1. The first kappa shape index (κ1) is 18.4. The average Bonchev–Trinajstić information content (AvgIpc) is 3.08. The summed E-state index contributed by atoms with van der Waals surface area (Å²) >= 11 is 0. The summed E-state index contributed by atoms with van der Waals surface area (Å²) in [6.07, 6.45) is 0.00988. The molecule has 3 aromatic rings. The second kappa shape index (κ2) is 6.98. The number of Topliss-reactive ketones (excluding diaryl/α,β-unsaturated/α-hetero) is 1. The molecule has 0 saturated heterocycles. The third kappa shape index (κ3) is 3.01. The van der Waals surface area contributed by atoms with Gasteiger partial charge in [0.05, 0.1) is 17.3 Å². The molecule has 7 nitrogen and oxygen atoms in total. The summed E-state index contributed by atoms with van der Waals surface area (Å²) in [7, 11) is 0. The molecule has 1 amide bonds. The van der Waals surface area contributed by atoms with E-state index < -0.39 is 11.7 Å². The highest BCUT2D eigenvalue weighted by atomic mass is 19.1. The number of carbonyl (C=O) groups excluding carboxylic acids is 2. The van der Waals surface area contributed by atoms with E-state index in [4.69, 9.17) is 9.47 Å². The molecule has 0 radical (unpaired) electrons. The van der Waals surface area contributed by atoms with Gasteiger partial charge in [0.15, 0.2) is 17.3 Å². The zero-order chi connectivity index (χ0) is 20.8. The van der Waals surface area contributed by atoms with Crippen molar-refractivity contribution in [2.45, 2.75) is 19.3 Å². The van der Waals surface area contributed by atoms with Crippen molar-refractivity contribution in [1.29, 1.82) is 0 Å². The van der Waals surface area contributed by atoms with E-state index in [9.17, 15) is 14.0 Å². The van der Waals surface area contributed by atoms with Crippen LogP contribution in [0.1, 0.15) is 34.0 Å². The predicted molar refractivity (Wildman–Crippen MR) is 106 cm³/mol. The van der Waals surface area contributed by atoms with Gasteiger partial charge < -0.3 is 14.8 Å². The first-order valence-corrected chi connectivity index (χ1v) is 9.60. The van der Waals surface area contributed by atoms with Crippen molar-refractivity contribution in [3.8, 4) is 17.2 Å². The smallest absolute Gasteiger partial charge is 0.226 e. The summed E-state index contributed by atoms with van der Waals surface area (Å²) in [5.41, 5.74) is 2.14. The molecule has 1 aromatic heterocycles. The van der Waals surface area contributed by atoms with Crippen LogP contribution in [-0.4, -0.2) is 34.7 Å². The lowest BCUT2D eigenvalue weighted by Crippen LogP contribution is -2.28. The molecule has 8 heteroatoms. The summed E-state index contributed by atoms with van der Waals surface area (Å²) in [5, 5.41) is 7.27. The van der Waals surface area contributed by atoms with Crippen LogP contribution in [0.4, 0.5) is 10.2 Å². The van der Waals surface area contributed by atoms with Crippen LogP contribution in [-0.2, 0) is 4.79 Å². The van der Waals surface area contributed by atoms with Crippen molar-refractivity contribution in [3.63, 3.8) is 0 Å². The number of halogens is 1. The molecule has 1 atom stereocenters. The lowest BCUT2D eigenvalue weighted by Gasteiger charge is -2.24. The van der Waals surface area contributed by atoms with E-state index >= 15 is 0 Å². The van der Waals surface area contributed by atoms with E-state index in [-0.39, 0.29) is 18.1 Å². The van der Waals surface area contributed by atoms with Gasteiger partial charge in [-0.2, -0.15) is 5.10 Å². The maximum absolute atomic E-state index is 13.7. The van der Waals surface area contributed by atoms with Crippen molar-refractivity contribution in [1.82, 2.24) is 9.78 Å². The Hall–Kier alpha value is -3.68. The molecule has 2 aliphatic rings. The number of rotatable bonds is 3. The molecular weight excluding hydrogens is 389 g/mol. The zero-order valence-electron chi connectivity index (χ0n) is 16.1. The van der Waals surface area contributed by atoms with Crippen LogP contribution in [0.2, 0.25) is 0 Å². The maximum atomic E-state index is 13.7. The lowest BCUT2D eigenvalue weighted by atomic mass is 9.85. The van der Waals surface area contributed by atoms with Gasteiger partial charge in [-0.25, -0.2) is 9.07 Å². The highest BCUT2D eigenvalue weighted by Crippen LogP contribution is 2.39.